The number of rotatable bonds is 8. The topological polar surface area (TPSA) is 21.3 Å². The lowest BCUT2D eigenvalue weighted by molar-refractivity contribution is 0.0594. The molecule has 1 rings (SSSR count). The molecule has 1 aliphatic rings. The first-order valence-corrected chi connectivity index (χ1v) is 5.68. The molecule has 2 heteroatoms. The predicted molar refractivity (Wildman–Crippen MR) is 56.0 cm³/mol. The molecule has 0 bridgehead atoms. The summed E-state index contributed by atoms with van der Waals surface area (Å²) in [7, 11) is 0. The van der Waals surface area contributed by atoms with Crippen LogP contribution in [-0.2, 0) is 4.74 Å². The van der Waals surface area contributed by atoms with Crippen LogP contribution in [0, 0.1) is 0 Å². The highest BCUT2D eigenvalue weighted by molar-refractivity contribution is 4.80. The molecule has 1 unspecified atom stereocenters. The Morgan fingerprint density at radius 2 is 2.23 bits per heavy atom. The van der Waals surface area contributed by atoms with E-state index in [1.807, 2.05) is 0 Å². The molecule has 13 heavy (non-hydrogen) atoms. The first-order chi connectivity index (χ1) is 6.33. The molecule has 1 atom stereocenters. The minimum Gasteiger partial charge on any atom is -0.379 e. The molecule has 0 aromatic carbocycles. The van der Waals surface area contributed by atoms with Gasteiger partial charge in [0.2, 0.25) is 0 Å². The first-order valence-electron chi connectivity index (χ1n) is 5.68. The minimum atomic E-state index is 0.445. The average molecular weight is 185 g/mol. The third-order valence-corrected chi connectivity index (χ3v) is 2.40. The van der Waals surface area contributed by atoms with Crippen LogP contribution in [0.2, 0.25) is 0 Å². The monoisotopic (exact) mass is 185 g/mol. The molecule has 0 aromatic heterocycles. The average Bonchev–Trinajstić information content (AvgIpc) is 2.92. The van der Waals surface area contributed by atoms with Crippen LogP contribution in [0.25, 0.3) is 0 Å². The van der Waals surface area contributed by atoms with Crippen molar-refractivity contribution in [1.29, 1.82) is 0 Å². The molecule has 0 amide bonds. The summed E-state index contributed by atoms with van der Waals surface area (Å²) in [5, 5.41) is 3.51. The molecule has 2 nitrogen and oxygen atoms in total. The van der Waals surface area contributed by atoms with Crippen molar-refractivity contribution in [3.05, 3.63) is 0 Å². The van der Waals surface area contributed by atoms with Crippen molar-refractivity contribution in [3.63, 3.8) is 0 Å². The van der Waals surface area contributed by atoms with E-state index in [2.05, 4.69) is 19.2 Å². The van der Waals surface area contributed by atoms with E-state index in [1.165, 1.54) is 32.2 Å². The summed E-state index contributed by atoms with van der Waals surface area (Å²) in [6, 6.07) is 0.854. The van der Waals surface area contributed by atoms with E-state index < -0.39 is 0 Å². The van der Waals surface area contributed by atoms with Crippen LogP contribution in [0.3, 0.4) is 0 Å². The van der Waals surface area contributed by atoms with Gasteiger partial charge in [-0.1, -0.05) is 6.92 Å². The molecule has 0 aromatic rings. The summed E-state index contributed by atoms with van der Waals surface area (Å²) in [4.78, 5) is 0. The fourth-order valence-electron chi connectivity index (χ4n) is 1.39. The lowest BCUT2D eigenvalue weighted by Gasteiger charge is -2.12. The van der Waals surface area contributed by atoms with Gasteiger partial charge in [-0.25, -0.2) is 0 Å². The Kier molecular flexibility index (Phi) is 5.40. The first kappa shape index (κ1) is 11.0. The zero-order valence-corrected chi connectivity index (χ0v) is 9.01. The van der Waals surface area contributed by atoms with Crippen LogP contribution in [0.15, 0.2) is 0 Å². The van der Waals surface area contributed by atoms with Crippen LogP contribution < -0.4 is 5.32 Å². The molecule has 0 heterocycles. The van der Waals surface area contributed by atoms with Gasteiger partial charge < -0.3 is 10.1 Å². The maximum absolute atomic E-state index is 5.59. The zero-order chi connectivity index (χ0) is 9.52. The Labute approximate surface area is 82.0 Å². The normalized spacial score (nSPS) is 18.9. The van der Waals surface area contributed by atoms with E-state index in [4.69, 9.17) is 4.74 Å². The van der Waals surface area contributed by atoms with Crippen LogP contribution in [0.5, 0.6) is 0 Å². The maximum atomic E-state index is 5.59. The SMILES string of the molecule is CCCOC(C)CCCNC1CC1. The largest absolute Gasteiger partial charge is 0.379 e. The number of ether oxygens (including phenoxy) is 1. The molecule has 1 saturated carbocycles. The Bertz CT molecular complexity index is 123. The number of hydrogen-bond acceptors (Lipinski definition) is 2. The summed E-state index contributed by atoms with van der Waals surface area (Å²) < 4.78 is 5.59. The van der Waals surface area contributed by atoms with Gasteiger partial charge >= 0.3 is 0 Å². The Morgan fingerprint density at radius 1 is 1.46 bits per heavy atom. The van der Waals surface area contributed by atoms with Crippen LogP contribution >= 0.6 is 0 Å². The summed E-state index contributed by atoms with van der Waals surface area (Å²) in [6.07, 6.45) is 6.80. The molecule has 0 radical (unpaired) electrons. The van der Waals surface area contributed by atoms with Crippen molar-refractivity contribution in [2.45, 2.75) is 58.1 Å². The minimum absolute atomic E-state index is 0.445. The van der Waals surface area contributed by atoms with Gasteiger partial charge in [0.25, 0.3) is 0 Å². The van der Waals surface area contributed by atoms with E-state index in [0.29, 0.717) is 6.10 Å². The highest BCUT2D eigenvalue weighted by atomic mass is 16.5. The van der Waals surface area contributed by atoms with E-state index in [-0.39, 0.29) is 0 Å². The van der Waals surface area contributed by atoms with Crippen LogP contribution in [0.1, 0.15) is 46.0 Å². The van der Waals surface area contributed by atoms with Crippen molar-refractivity contribution < 1.29 is 4.74 Å². The van der Waals surface area contributed by atoms with Crippen LogP contribution in [-0.4, -0.2) is 25.3 Å². The fraction of sp³-hybridized carbons (Fsp3) is 1.00. The summed E-state index contributed by atoms with van der Waals surface area (Å²) in [6.45, 7) is 6.41. The quantitative estimate of drug-likeness (QED) is 0.586. The van der Waals surface area contributed by atoms with E-state index in [0.717, 1.165) is 19.1 Å². The van der Waals surface area contributed by atoms with Crippen molar-refractivity contribution in [1.82, 2.24) is 5.32 Å². The second-order valence-corrected chi connectivity index (χ2v) is 4.05. The molecule has 0 spiro atoms. The standard InChI is InChI=1S/C11H23NO/c1-3-9-13-10(2)5-4-8-12-11-6-7-11/h10-12H,3-9H2,1-2H3. The van der Waals surface area contributed by atoms with Gasteiger partial charge in [-0.05, 0) is 45.6 Å². The van der Waals surface area contributed by atoms with E-state index in [9.17, 15) is 0 Å². The fourth-order valence-corrected chi connectivity index (χ4v) is 1.39. The molecule has 0 saturated heterocycles. The van der Waals surface area contributed by atoms with E-state index >= 15 is 0 Å². The van der Waals surface area contributed by atoms with Gasteiger partial charge in [-0.3, -0.25) is 0 Å². The van der Waals surface area contributed by atoms with E-state index in [1.54, 1.807) is 0 Å². The molecular formula is C11H23NO. The number of hydrogen-bond donors (Lipinski definition) is 1. The van der Waals surface area contributed by atoms with Gasteiger partial charge in [0.15, 0.2) is 0 Å². The number of nitrogens with one attached hydrogen (secondary N) is 1. The second kappa shape index (κ2) is 6.39. The van der Waals surface area contributed by atoms with Gasteiger partial charge in [0.1, 0.15) is 0 Å². The highest BCUT2D eigenvalue weighted by Crippen LogP contribution is 2.18. The second-order valence-electron chi connectivity index (χ2n) is 4.05. The lowest BCUT2D eigenvalue weighted by atomic mass is 10.2. The third-order valence-electron chi connectivity index (χ3n) is 2.40. The highest BCUT2D eigenvalue weighted by Gasteiger charge is 2.19. The molecule has 1 N–H and O–H groups in total. The molecule has 1 fully saturated rings. The predicted octanol–water partition coefficient (Wildman–Crippen LogP) is 2.33. The van der Waals surface area contributed by atoms with Crippen molar-refractivity contribution in [2.75, 3.05) is 13.2 Å². The van der Waals surface area contributed by atoms with Crippen molar-refractivity contribution in [2.24, 2.45) is 0 Å². The van der Waals surface area contributed by atoms with Gasteiger partial charge in [0.05, 0.1) is 6.10 Å². The summed E-state index contributed by atoms with van der Waals surface area (Å²) in [5.74, 6) is 0. The Balaban J connectivity index is 1.79. The smallest absolute Gasteiger partial charge is 0.0547 e. The third kappa shape index (κ3) is 6.05. The maximum Gasteiger partial charge on any atom is 0.0547 e. The Hall–Kier alpha value is -0.0800. The van der Waals surface area contributed by atoms with Gasteiger partial charge in [0, 0.05) is 12.6 Å². The summed E-state index contributed by atoms with van der Waals surface area (Å²) in [5.41, 5.74) is 0. The zero-order valence-electron chi connectivity index (χ0n) is 9.01. The van der Waals surface area contributed by atoms with Crippen molar-refractivity contribution >= 4 is 0 Å². The molecule has 1 aliphatic carbocycles. The van der Waals surface area contributed by atoms with Gasteiger partial charge in [-0.2, -0.15) is 0 Å². The van der Waals surface area contributed by atoms with Crippen LogP contribution in [0.4, 0.5) is 0 Å². The lowest BCUT2D eigenvalue weighted by Crippen LogP contribution is -2.19. The summed E-state index contributed by atoms with van der Waals surface area (Å²) >= 11 is 0. The van der Waals surface area contributed by atoms with Crippen molar-refractivity contribution in [3.8, 4) is 0 Å². The Morgan fingerprint density at radius 3 is 2.85 bits per heavy atom. The molecule has 78 valence electrons. The van der Waals surface area contributed by atoms with Gasteiger partial charge in [-0.15, -0.1) is 0 Å². The molecule has 0 aliphatic heterocycles. The molecular weight excluding hydrogens is 162 g/mol.